The standard InChI is InChI=1S/C15H9BrF3N3O2/c1-24-14(23)11-7-13-20-10(8-2-4-9(16)5-3-8)6-12(15(17,18)19)22(13)21-11/h2-7H,1H3. The van der Waals surface area contributed by atoms with Crippen LogP contribution in [0.3, 0.4) is 0 Å². The van der Waals surface area contributed by atoms with Crippen LogP contribution in [-0.2, 0) is 10.9 Å². The Morgan fingerprint density at radius 3 is 2.46 bits per heavy atom. The Labute approximate surface area is 142 Å². The van der Waals surface area contributed by atoms with Crippen molar-refractivity contribution < 1.29 is 22.7 Å². The molecule has 0 aliphatic heterocycles. The Morgan fingerprint density at radius 2 is 1.88 bits per heavy atom. The van der Waals surface area contributed by atoms with Crippen molar-refractivity contribution in [1.29, 1.82) is 0 Å². The van der Waals surface area contributed by atoms with E-state index in [1.807, 2.05) is 0 Å². The molecule has 0 fully saturated rings. The highest BCUT2D eigenvalue weighted by atomic mass is 79.9. The lowest BCUT2D eigenvalue weighted by Crippen LogP contribution is -2.14. The van der Waals surface area contributed by atoms with Crippen LogP contribution >= 0.6 is 15.9 Å². The maximum absolute atomic E-state index is 13.4. The fourth-order valence-corrected chi connectivity index (χ4v) is 2.41. The van der Waals surface area contributed by atoms with Crippen molar-refractivity contribution in [3.05, 3.63) is 52.3 Å². The molecule has 0 radical (unpaired) electrons. The van der Waals surface area contributed by atoms with Gasteiger partial charge in [-0.05, 0) is 18.2 Å². The Hall–Kier alpha value is -2.42. The van der Waals surface area contributed by atoms with Gasteiger partial charge in [0.15, 0.2) is 17.0 Å². The van der Waals surface area contributed by atoms with Gasteiger partial charge in [0.05, 0.1) is 12.8 Å². The van der Waals surface area contributed by atoms with Crippen LogP contribution in [0.2, 0.25) is 0 Å². The van der Waals surface area contributed by atoms with Crippen LogP contribution in [-0.4, -0.2) is 27.7 Å². The number of aromatic nitrogens is 3. The molecule has 3 aromatic rings. The highest BCUT2D eigenvalue weighted by Gasteiger charge is 2.35. The van der Waals surface area contributed by atoms with Gasteiger partial charge in [0, 0.05) is 16.1 Å². The number of nitrogens with zero attached hydrogens (tertiary/aromatic N) is 3. The molecule has 2 heterocycles. The third-order valence-electron chi connectivity index (χ3n) is 3.25. The van der Waals surface area contributed by atoms with Crippen LogP contribution in [0.1, 0.15) is 16.2 Å². The van der Waals surface area contributed by atoms with E-state index in [-0.39, 0.29) is 17.0 Å². The van der Waals surface area contributed by atoms with Crippen LogP contribution < -0.4 is 0 Å². The molecule has 0 saturated heterocycles. The third-order valence-corrected chi connectivity index (χ3v) is 3.78. The molecule has 0 aliphatic carbocycles. The minimum absolute atomic E-state index is 0.0943. The zero-order valence-corrected chi connectivity index (χ0v) is 13.7. The lowest BCUT2D eigenvalue weighted by atomic mass is 10.1. The molecular formula is C15H9BrF3N3O2. The molecule has 0 N–H and O–H groups in total. The number of rotatable bonds is 2. The first-order chi connectivity index (χ1) is 11.3. The second-order valence-corrected chi connectivity index (χ2v) is 5.74. The first-order valence-corrected chi connectivity index (χ1v) is 7.41. The average molecular weight is 400 g/mol. The lowest BCUT2D eigenvalue weighted by molar-refractivity contribution is -0.142. The topological polar surface area (TPSA) is 56.5 Å². The summed E-state index contributed by atoms with van der Waals surface area (Å²) < 4.78 is 45.9. The second kappa shape index (κ2) is 5.90. The minimum Gasteiger partial charge on any atom is -0.464 e. The van der Waals surface area contributed by atoms with Gasteiger partial charge in [0.25, 0.3) is 0 Å². The van der Waals surface area contributed by atoms with Gasteiger partial charge in [0.1, 0.15) is 0 Å². The van der Waals surface area contributed by atoms with Crippen molar-refractivity contribution >= 4 is 27.5 Å². The first kappa shape index (κ1) is 16.4. The van der Waals surface area contributed by atoms with Crippen molar-refractivity contribution in [2.45, 2.75) is 6.18 Å². The van der Waals surface area contributed by atoms with Crippen LogP contribution in [0.25, 0.3) is 16.9 Å². The summed E-state index contributed by atoms with van der Waals surface area (Å²) in [6.07, 6.45) is -4.66. The number of hydrogen-bond acceptors (Lipinski definition) is 4. The minimum atomic E-state index is -4.66. The van der Waals surface area contributed by atoms with E-state index in [2.05, 4.69) is 30.7 Å². The summed E-state index contributed by atoms with van der Waals surface area (Å²) in [6, 6.07) is 8.73. The molecule has 2 aromatic heterocycles. The second-order valence-electron chi connectivity index (χ2n) is 4.82. The van der Waals surface area contributed by atoms with E-state index in [1.54, 1.807) is 24.3 Å². The van der Waals surface area contributed by atoms with Gasteiger partial charge < -0.3 is 4.74 Å². The Kier molecular flexibility index (Phi) is 4.04. The van der Waals surface area contributed by atoms with E-state index < -0.39 is 17.8 Å². The highest BCUT2D eigenvalue weighted by Crippen LogP contribution is 2.32. The van der Waals surface area contributed by atoms with Gasteiger partial charge in [-0.15, -0.1) is 0 Å². The SMILES string of the molecule is COC(=O)c1cc2nc(-c3ccc(Br)cc3)cc(C(F)(F)F)n2n1. The summed E-state index contributed by atoms with van der Waals surface area (Å²) in [7, 11) is 1.12. The van der Waals surface area contributed by atoms with Crippen LogP contribution in [0.5, 0.6) is 0 Å². The van der Waals surface area contributed by atoms with E-state index in [0.29, 0.717) is 10.1 Å². The van der Waals surface area contributed by atoms with Crippen molar-refractivity contribution in [1.82, 2.24) is 14.6 Å². The number of benzene rings is 1. The summed E-state index contributed by atoms with van der Waals surface area (Å²) in [5.74, 6) is -0.834. The number of fused-ring (bicyclic) bond motifs is 1. The zero-order chi connectivity index (χ0) is 17.5. The Bertz CT molecular complexity index is 920. The Balaban J connectivity index is 2.25. The molecule has 0 aliphatic rings. The van der Waals surface area contributed by atoms with Crippen molar-refractivity contribution in [2.75, 3.05) is 7.11 Å². The maximum atomic E-state index is 13.4. The van der Waals surface area contributed by atoms with Gasteiger partial charge >= 0.3 is 12.1 Å². The van der Waals surface area contributed by atoms with Crippen LogP contribution in [0.15, 0.2) is 40.9 Å². The number of carbonyl (C=O) groups excluding carboxylic acids is 1. The lowest BCUT2D eigenvalue weighted by Gasteiger charge is -2.11. The molecule has 1 aromatic carbocycles. The van der Waals surface area contributed by atoms with Crippen LogP contribution in [0, 0.1) is 0 Å². The quantitative estimate of drug-likeness (QED) is 0.612. The molecule has 124 valence electrons. The van der Waals surface area contributed by atoms with Gasteiger partial charge in [-0.2, -0.15) is 18.3 Å². The largest absolute Gasteiger partial charge is 0.464 e. The summed E-state index contributed by atoms with van der Waals surface area (Å²) >= 11 is 3.27. The molecule has 0 unspecified atom stereocenters. The van der Waals surface area contributed by atoms with E-state index in [1.165, 1.54) is 0 Å². The van der Waals surface area contributed by atoms with E-state index >= 15 is 0 Å². The number of esters is 1. The van der Waals surface area contributed by atoms with Gasteiger partial charge in [-0.25, -0.2) is 14.3 Å². The van der Waals surface area contributed by atoms with E-state index in [0.717, 1.165) is 23.7 Å². The summed E-state index contributed by atoms with van der Waals surface area (Å²) in [5, 5.41) is 3.65. The molecule has 0 bridgehead atoms. The van der Waals surface area contributed by atoms with E-state index in [9.17, 15) is 18.0 Å². The van der Waals surface area contributed by atoms with Gasteiger partial charge in [-0.3, -0.25) is 0 Å². The molecule has 3 rings (SSSR count). The molecule has 9 heteroatoms. The number of carbonyl (C=O) groups is 1. The number of methoxy groups -OCH3 is 1. The summed E-state index contributed by atoms with van der Waals surface area (Å²) in [4.78, 5) is 15.7. The predicted molar refractivity (Wildman–Crippen MR) is 82.5 cm³/mol. The van der Waals surface area contributed by atoms with Gasteiger partial charge in [0.2, 0.25) is 0 Å². The smallest absolute Gasteiger partial charge is 0.433 e. The van der Waals surface area contributed by atoms with Crippen molar-refractivity contribution in [3.63, 3.8) is 0 Å². The fourth-order valence-electron chi connectivity index (χ4n) is 2.15. The monoisotopic (exact) mass is 399 g/mol. The van der Waals surface area contributed by atoms with Crippen molar-refractivity contribution in [2.24, 2.45) is 0 Å². The van der Waals surface area contributed by atoms with Crippen LogP contribution in [0.4, 0.5) is 13.2 Å². The number of halogens is 4. The third kappa shape index (κ3) is 2.99. The fraction of sp³-hybridized carbons (Fsp3) is 0.133. The molecule has 5 nitrogen and oxygen atoms in total. The number of ether oxygens (including phenoxy) is 1. The zero-order valence-electron chi connectivity index (χ0n) is 12.1. The molecule has 0 spiro atoms. The number of hydrogen-bond donors (Lipinski definition) is 0. The molecule has 24 heavy (non-hydrogen) atoms. The molecule has 0 saturated carbocycles. The molecule has 0 atom stereocenters. The summed E-state index contributed by atoms with van der Waals surface area (Å²) in [6.45, 7) is 0. The summed E-state index contributed by atoms with van der Waals surface area (Å²) in [5.41, 5.74) is -0.738. The molecular weight excluding hydrogens is 391 g/mol. The van der Waals surface area contributed by atoms with Crippen molar-refractivity contribution in [3.8, 4) is 11.3 Å². The Morgan fingerprint density at radius 1 is 1.21 bits per heavy atom. The number of alkyl halides is 3. The highest BCUT2D eigenvalue weighted by molar-refractivity contribution is 9.10. The maximum Gasteiger partial charge on any atom is 0.433 e. The van der Waals surface area contributed by atoms with E-state index in [4.69, 9.17) is 0 Å². The molecule has 0 amide bonds. The average Bonchev–Trinajstić information content (AvgIpc) is 2.96. The normalized spacial score (nSPS) is 11.7. The van der Waals surface area contributed by atoms with Gasteiger partial charge in [-0.1, -0.05) is 28.1 Å². The first-order valence-electron chi connectivity index (χ1n) is 6.62. The predicted octanol–water partition coefficient (Wildman–Crippen LogP) is 3.96.